The van der Waals surface area contributed by atoms with E-state index in [1.54, 1.807) is 12.1 Å². The molecule has 1 saturated heterocycles. The maximum Gasteiger partial charge on any atom is 0.243 e. The van der Waals surface area contributed by atoms with Crippen LogP contribution in [0.1, 0.15) is 0 Å². The van der Waals surface area contributed by atoms with E-state index in [4.69, 9.17) is 14.2 Å². The zero-order chi connectivity index (χ0) is 19.3. The van der Waals surface area contributed by atoms with Crippen LogP contribution in [0.3, 0.4) is 0 Å². The van der Waals surface area contributed by atoms with Crippen molar-refractivity contribution in [2.75, 3.05) is 39.5 Å². The molecular weight excluding hydrogens is 380 g/mol. The smallest absolute Gasteiger partial charge is 0.243 e. The Morgan fingerprint density at radius 1 is 0.889 bits per heavy atom. The van der Waals surface area contributed by atoms with Crippen molar-refractivity contribution in [2.45, 2.75) is 4.90 Å². The number of nitrogens with zero attached hydrogens (tertiary/aromatic N) is 1. The Morgan fingerprint density at radius 3 is 2.11 bits per heavy atom. The molecule has 27 heavy (non-hydrogen) atoms. The fraction of sp³-hybridized carbons (Fsp3) is 0.333. The number of ether oxygens (including phenoxy) is 3. The van der Waals surface area contributed by atoms with E-state index in [0.717, 1.165) is 12.1 Å². The van der Waals surface area contributed by atoms with Gasteiger partial charge in [-0.3, -0.25) is 0 Å². The SMILES string of the molecule is O=S(=O)(c1ccc(OCCOc2ccc(F)c(F)c2)cc1)N1CCOCC1. The maximum absolute atomic E-state index is 13.1. The molecular formula is C18H19F2NO5S. The van der Waals surface area contributed by atoms with E-state index in [-0.39, 0.29) is 23.9 Å². The van der Waals surface area contributed by atoms with Gasteiger partial charge in [0.1, 0.15) is 24.7 Å². The molecule has 0 bridgehead atoms. The highest BCUT2D eigenvalue weighted by Crippen LogP contribution is 2.20. The van der Waals surface area contributed by atoms with Crippen LogP contribution in [0.15, 0.2) is 47.4 Å². The molecule has 0 aliphatic carbocycles. The molecule has 2 aromatic carbocycles. The summed E-state index contributed by atoms with van der Waals surface area (Å²) in [5.41, 5.74) is 0. The van der Waals surface area contributed by atoms with Crippen LogP contribution in [0.25, 0.3) is 0 Å². The van der Waals surface area contributed by atoms with Crippen molar-refractivity contribution in [1.82, 2.24) is 4.31 Å². The van der Waals surface area contributed by atoms with Gasteiger partial charge in [-0.2, -0.15) is 4.31 Å². The molecule has 6 nitrogen and oxygen atoms in total. The third kappa shape index (κ3) is 4.94. The minimum absolute atomic E-state index is 0.124. The van der Waals surface area contributed by atoms with Crippen LogP contribution in [0, 0.1) is 11.6 Å². The van der Waals surface area contributed by atoms with Gasteiger partial charge in [0.2, 0.25) is 10.0 Å². The van der Waals surface area contributed by atoms with Gasteiger partial charge in [-0.05, 0) is 36.4 Å². The number of sulfonamides is 1. The molecule has 0 radical (unpaired) electrons. The lowest BCUT2D eigenvalue weighted by atomic mass is 10.3. The molecule has 0 amide bonds. The molecule has 0 aromatic heterocycles. The molecule has 3 rings (SSSR count). The van der Waals surface area contributed by atoms with Crippen molar-refractivity contribution in [3.63, 3.8) is 0 Å². The first-order valence-electron chi connectivity index (χ1n) is 8.35. The van der Waals surface area contributed by atoms with Gasteiger partial charge in [-0.25, -0.2) is 17.2 Å². The van der Waals surface area contributed by atoms with Gasteiger partial charge in [0, 0.05) is 19.2 Å². The molecule has 0 spiro atoms. The molecule has 0 N–H and O–H groups in total. The van der Waals surface area contributed by atoms with E-state index in [2.05, 4.69) is 0 Å². The van der Waals surface area contributed by atoms with Gasteiger partial charge in [0.25, 0.3) is 0 Å². The molecule has 2 aromatic rings. The standard InChI is InChI=1S/C18H19F2NO5S/c19-17-6-3-15(13-18(17)20)26-12-11-25-14-1-4-16(5-2-14)27(22,23)21-7-9-24-10-8-21/h1-6,13H,7-12H2. The second-order valence-corrected chi connectivity index (χ2v) is 7.70. The Hall–Kier alpha value is -2.23. The van der Waals surface area contributed by atoms with E-state index in [0.29, 0.717) is 32.1 Å². The highest BCUT2D eigenvalue weighted by Gasteiger charge is 2.26. The molecule has 146 valence electrons. The molecule has 9 heteroatoms. The minimum Gasteiger partial charge on any atom is -0.490 e. The lowest BCUT2D eigenvalue weighted by Crippen LogP contribution is -2.40. The predicted molar refractivity (Wildman–Crippen MR) is 93.4 cm³/mol. The van der Waals surface area contributed by atoms with Gasteiger partial charge >= 0.3 is 0 Å². The first-order chi connectivity index (χ1) is 13.0. The molecule has 1 aliphatic rings. The van der Waals surface area contributed by atoms with E-state index < -0.39 is 21.7 Å². The van der Waals surface area contributed by atoms with Crippen LogP contribution in [-0.2, 0) is 14.8 Å². The van der Waals surface area contributed by atoms with Crippen molar-refractivity contribution >= 4 is 10.0 Å². The van der Waals surface area contributed by atoms with Crippen molar-refractivity contribution in [3.05, 3.63) is 54.1 Å². The summed E-state index contributed by atoms with van der Waals surface area (Å²) < 4.78 is 68.3. The number of halogens is 2. The van der Waals surface area contributed by atoms with E-state index in [9.17, 15) is 17.2 Å². The summed E-state index contributed by atoms with van der Waals surface area (Å²) in [6.07, 6.45) is 0. The van der Waals surface area contributed by atoms with Gasteiger partial charge in [-0.1, -0.05) is 0 Å². The lowest BCUT2D eigenvalue weighted by Gasteiger charge is -2.26. The Bertz CT molecular complexity index is 868. The minimum atomic E-state index is -3.54. The number of morpholine rings is 1. The van der Waals surface area contributed by atoms with Crippen LogP contribution in [0.2, 0.25) is 0 Å². The normalized spacial score (nSPS) is 15.5. The molecule has 1 aliphatic heterocycles. The molecule has 0 saturated carbocycles. The summed E-state index contributed by atoms with van der Waals surface area (Å²) in [6, 6.07) is 9.35. The number of rotatable bonds is 7. The fourth-order valence-corrected chi connectivity index (χ4v) is 3.94. The molecule has 1 fully saturated rings. The summed E-state index contributed by atoms with van der Waals surface area (Å²) >= 11 is 0. The van der Waals surface area contributed by atoms with E-state index in [1.165, 1.54) is 22.5 Å². The van der Waals surface area contributed by atoms with Crippen LogP contribution >= 0.6 is 0 Å². The van der Waals surface area contributed by atoms with Crippen molar-refractivity contribution in [2.24, 2.45) is 0 Å². The fourth-order valence-electron chi connectivity index (χ4n) is 2.53. The third-order valence-corrected chi connectivity index (χ3v) is 5.86. The number of benzene rings is 2. The Balaban J connectivity index is 1.51. The summed E-state index contributed by atoms with van der Waals surface area (Å²) in [4.78, 5) is 0.190. The average Bonchev–Trinajstić information content (AvgIpc) is 2.69. The summed E-state index contributed by atoms with van der Waals surface area (Å²) in [6.45, 7) is 1.73. The lowest BCUT2D eigenvalue weighted by molar-refractivity contribution is 0.0730. The third-order valence-electron chi connectivity index (χ3n) is 3.94. The highest BCUT2D eigenvalue weighted by molar-refractivity contribution is 7.89. The number of hydrogen-bond acceptors (Lipinski definition) is 5. The Labute approximate surface area is 156 Å². The van der Waals surface area contributed by atoms with Crippen LogP contribution in [0.5, 0.6) is 11.5 Å². The van der Waals surface area contributed by atoms with Gasteiger partial charge in [0.15, 0.2) is 11.6 Å². The second kappa shape index (κ2) is 8.64. The van der Waals surface area contributed by atoms with E-state index in [1.807, 2.05) is 0 Å². The van der Waals surface area contributed by atoms with Crippen LogP contribution < -0.4 is 9.47 Å². The van der Waals surface area contributed by atoms with Crippen molar-refractivity contribution in [1.29, 1.82) is 0 Å². The first kappa shape index (κ1) is 19.5. The first-order valence-corrected chi connectivity index (χ1v) is 9.79. The molecule has 0 unspecified atom stereocenters. The highest BCUT2D eigenvalue weighted by atomic mass is 32.2. The monoisotopic (exact) mass is 399 g/mol. The predicted octanol–water partition coefficient (Wildman–Crippen LogP) is 2.44. The van der Waals surface area contributed by atoms with Gasteiger partial charge < -0.3 is 14.2 Å². The molecule has 0 atom stereocenters. The van der Waals surface area contributed by atoms with Gasteiger partial charge in [-0.15, -0.1) is 0 Å². The largest absolute Gasteiger partial charge is 0.490 e. The van der Waals surface area contributed by atoms with Crippen molar-refractivity contribution < 1.29 is 31.4 Å². The summed E-state index contributed by atoms with van der Waals surface area (Å²) in [7, 11) is -3.54. The van der Waals surface area contributed by atoms with Crippen LogP contribution in [-0.4, -0.2) is 52.2 Å². The average molecular weight is 399 g/mol. The van der Waals surface area contributed by atoms with Gasteiger partial charge in [0.05, 0.1) is 18.1 Å². The maximum atomic E-state index is 13.1. The summed E-state index contributed by atoms with van der Waals surface area (Å²) in [5, 5.41) is 0. The second-order valence-electron chi connectivity index (χ2n) is 5.76. The zero-order valence-electron chi connectivity index (χ0n) is 14.4. The topological polar surface area (TPSA) is 65.1 Å². The Morgan fingerprint density at radius 2 is 1.48 bits per heavy atom. The quantitative estimate of drug-likeness (QED) is 0.669. The number of hydrogen-bond donors (Lipinski definition) is 0. The zero-order valence-corrected chi connectivity index (χ0v) is 15.3. The van der Waals surface area contributed by atoms with Crippen molar-refractivity contribution in [3.8, 4) is 11.5 Å². The van der Waals surface area contributed by atoms with Crippen LogP contribution in [0.4, 0.5) is 8.78 Å². The Kier molecular flexibility index (Phi) is 6.25. The van der Waals surface area contributed by atoms with E-state index >= 15 is 0 Å². The summed E-state index contributed by atoms with van der Waals surface area (Å²) in [5.74, 6) is -1.24. The molecule has 1 heterocycles.